The van der Waals surface area contributed by atoms with Crippen molar-refractivity contribution in [3.8, 4) is 10.8 Å². The lowest BCUT2D eigenvalue weighted by molar-refractivity contribution is -0.117. The number of hydrogen-bond donors (Lipinski definition) is 1. The van der Waals surface area contributed by atoms with Crippen LogP contribution >= 0.6 is 11.3 Å². The number of aryl methyl sites for hydroxylation is 1. The molecule has 0 radical (unpaired) electrons. The standard InChI is InChI=1S/C11H12N4O4S2/c1-6-2-3-20-9(6)10-13-14-11(19-10)15-5-7(4-8(15)16)21(12,17)18/h2-3,7H,4-5H2,1H3,(H2,12,17,18). The van der Waals surface area contributed by atoms with E-state index in [0.717, 1.165) is 15.3 Å². The highest BCUT2D eigenvalue weighted by Gasteiger charge is 2.39. The van der Waals surface area contributed by atoms with Gasteiger partial charge < -0.3 is 4.42 Å². The molecule has 10 heteroatoms. The van der Waals surface area contributed by atoms with Crippen molar-refractivity contribution in [3.63, 3.8) is 0 Å². The van der Waals surface area contributed by atoms with Gasteiger partial charge in [0.2, 0.25) is 15.9 Å². The molecule has 1 aliphatic heterocycles. The second kappa shape index (κ2) is 4.90. The van der Waals surface area contributed by atoms with Crippen LogP contribution in [-0.2, 0) is 14.8 Å². The van der Waals surface area contributed by atoms with E-state index in [1.54, 1.807) is 0 Å². The molecule has 0 saturated carbocycles. The van der Waals surface area contributed by atoms with Gasteiger partial charge in [-0.05, 0) is 23.9 Å². The molecule has 8 nitrogen and oxygen atoms in total. The van der Waals surface area contributed by atoms with Crippen LogP contribution in [0.5, 0.6) is 0 Å². The summed E-state index contributed by atoms with van der Waals surface area (Å²) in [5, 5.41) is 13.8. The summed E-state index contributed by atoms with van der Waals surface area (Å²) in [7, 11) is -3.77. The van der Waals surface area contributed by atoms with Gasteiger partial charge in [-0.15, -0.1) is 16.4 Å². The molecule has 2 aromatic rings. The van der Waals surface area contributed by atoms with Crippen molar-refractivity contribution in [1.82, 2.24) is 10.2 Å². The van der Waals surface area contributed by atoms with E-state index in [9.17, 15) is 13.2 Å². The Bertz CT molecular complexity index is 795. The maximum Gasteiger partial charge on any atom is 0.325 e. The van der Waals surface area contributed by atoms with Crippen molar-refractivity contribution in [2.24, 2.45) is 5.14 Å². The molecule has 1 fully saturated rings. The van der Waals surface area contributed by atoms with Gasteiger partial charge in [0.1, 0.15) is 5.25 Å². The maximum atomic E-state index is 11.9. The number of anilines is 1. The smallest absolute Gasteiger partial charge is 0.325 e. The summed E-state index contributed by atoms with van der Waals surface area (Å²) in [5.74, 6) is -0.0866. The molecule has 1 aliphatic rings. The molecule has 3 rings (SSSR count). The lowest BCUT2D eigenvalue weighted by atomic mass is 10.3. The summed E-state index contributed by atoms with van der Waals surface area (Å²) in [4.78, 5) is 13.9. The Morgan fingerprint density at radius 2 is 2.24 bits per heavy atom. The second-order valence-corrected chi connectivity index (χ2v) is 7.50. The van der Waals surface area contributed by atoms with E-state index in [0.29, 0.717) is 5.89 Å². The molecule has 0 aliphatic carbocycles. The van der Waals surface area contributed by atoms with Crippen LogP contribution in [0.25, 0.3) is 10.8 Å². The summed E-state index contributed by atoms with van der Waals surface area (Å²) in [6, 6.07) is 1.91. The van der Waals surface area contributed by atoms with Gasteiger partial charge in [0.25, 0.3) is 5.89 Å². The fraction of sp³-hybridized carbons (Fsp3) is 0.364. The van der Waals surface area contributed by atoms with Crippen LogP contribution in [0.2, 0.25) is 0 Å². The minimum atomic E-state index is -3.77. The van der Waals surface area contributed by atoms with Crippen LogP contribution in [0, 0.1) is 6.92 Å². The highest BCUT2D eigenvalue weighted by atomic mass is 32.2. The molecule has 0 spiro atoms. The number of rotatable bonds is 3. The minimum absolute atomic E-state index is 0.00560. The van der Waals surface area contributed by atoms with E-state index in [2.05, 4.69) is 10.2 Å². The van der Waals surface area contributed by atoms with E-state index in [1.807, 2.05) is 18.4 Å². The number of nitrogens with two attached hydrogens (primary N) is 1. The molecule has 1 atom stereocenters. The number of thiophene rings is 1. The van der Waals surface area contributed by atoms with Gasteiger partial charge in [-0.2, -0.15) is 0 Å². The number of hydrogen-bond acceptors (Lipinski definition) is 7. The van der Waals surface area contributed by atoms with Gasteiger partial charge in [0.15, 0.2) is 0 Å². The SMILES string of the molecule is Cc1ccsc1-c1nnc(N2CC(S(N)(=O)=O)CC2=O)o1. The average molecular weight is 328 g/mol. The molecule has 3 heterocycles. The first-order valence-corrected chi connectivity index (χ1v) is 8.55. The summed E-state index contributed by atoms with van der Waals surface area (Å²) in [6.45, 7) is 1.84. The van der Waals surface area contributed by atoms with Crippen molar-refractivity contribution in [2.45, 2.75) is 18.6 Å². The molecule has 112 valence electrons. The zero-order valence-electron chi connectivity index (χ0n) is 11.0. The lowest BCUT2D eigenvalue weighted by Gasteiger charge is -2.09. The molecule has 0 aromatic carbocycles. The zero-order valence-corrected chi connectivity index (χ0v) is 12.6. The molecule has 1 amide bonds. The van der Waals surface area contributed by atoms with E-state index in [4.69, 9.17) is 9.56 Å². The normalized spacial score (nSPS) is 19.4. The van der Waals surface area contributed by atoms with Crippen LogP contribution in [0.4, 0.5) is 6.01 Å². The van der Waals surface area contributed by atoms with E-state index >= 15 is 0 Å². The van der Waals surface area contributed by atoms with Crippen molar-refractivity contribution >= 4 is 33.3 Å². The molecule has 0 bridgehead atoms. The van der Waals surface area contributed by atoms with Crippen molar-refractivity contribution in [2.75, 3.05) is 11.4 Å². The first-order chi connectivity index (χ1) is 9.86. The quantitative estimate of drug-likeness (QED) is 0.876. The highest BCUT2D eigenvalue weighted by Crippen LogP contribution is 2.31. The van der Waals surface area contributed by atoms with Crippen LogP contribution in [0.1, 0.15) is 12.0 Å². The molecule has 1 unspecified atom stereocenters. The number of nitrogens with zero attached hydrogens (tertiary/aromatic N) is 3. The summed E-state index contributed by atoms with van der Waals surface area (Å²) >= 11 is 1.45. The number of amides is 1. The van der Waals surface area contributed by atoms with Gasteiger partial charge in [0.05, 0.1) is 4.88 Å². The van der Waals surface area contributed by atoms with E-state index < -0.39 is 21.2 Å². The van der Waals surface area contributed by atoms with Crippen LogP contribution in [0.15, 0.2) is 15.9 Å². The largest absolute Gasteiger partial charge is 0.402 e. The highest BCUT2D eigenvalue weighted by molar-refractivity contribution is 7.89. The zero-order chi connectivity index (χ0) is 15.2. The number of primary sulfonamides is 1. The summed E-state index contributed by atoms with van der Waals surface area (Å²) in [5.41, 5.74) is 0.991. The van der Waals surface area contributed by atoms with Gasteiger partial charge in [-0.1, -0.05) is 5.10 Å². The molecule has 2 N–H and O–H groups in total. The predicted molar refractivity (Wildman–Crippen MR) is 76.2 cm³/mol. The number of carbonyl (C=O) groups is 1. The van der Waals surface area contributed by atoms with Gasteiger partial charge in [0, 0.05) is 13.0 Å². The van der Waals surface area contributed by atoms with Gasteiger partial charge in [-0.3, -0.25) is 9.69 Å². The third kappa shape index (κ3) is 2.57. The minimum Gasteiger partial charge on any atom is -0.402 e. The van der Waals surface area contributed by atoms with Crippen molar-refractivity contribution in [3.05, 3.63) is 17.0 Å². The average Bonchev–Trinajstić information content (AvgIpc) is 3.06. The molecule has 1 saturated heterocycles. The Balaban J connectivity index is 1.88. The Morgan fingerprint density at radius 1 is 1.48 bits per heavy atom. The summed E-state index contributed by atoms with van der Waals surface area (Å²) in [6.07, 6.45) is -0.172. The Morgan fingerprint density at radius 3 is 2.81 bits per heavy atom. The third-order valence-electron chi connectivity index (χ3n) is 3.26. The molecular formula is C11H12N4O4S2. The third-order valence-corrected chi connectivity index (χ3v) is 5.51. The van der Waals surface area contributed by atoms with Gasteiger partial charge in [-0.25, -0.2) is 13.6 Å². The molecular weight excluding hydrogens is 316 g/mol. The fourth-order valence-electron chi connectivity index (χ4n) is 2.09. The van der Waals surface area contributed by atoms with Crippen molar-refractivity contribution in [1.29, 1.82) is 0 Å². The second-order valence-electron chi connectivity index (χ2n) is 4.74. The fourth-order valence-corrected chi connectivity index (χ4v) is 3.67. The monoisotopic (exact) mass is 328 g/mol. The molecule has 2 aromatic heterocycles. The maximum absolute atomic E-state index is 11.9. The van der Waals surface area contributed by atoms with E-state index in [-0.39, 0.29) is 19.0 Å². The predicted octanol–water partition coefficient (Wildman–Crippen LogP) is 0.500. The number of carbonyl (C=O) groups excluding carboxylic acids is 1. The molecule has 21 heavy (non-hydrogen) atoms. The number of sulfonamides is 1. The first-order valence-electron chi connectivity index (χ1n) is 6.06. The Hall–Kier alpha value is -1.78. The topological polar surface area (TPSA) is 119 Å². The lowest BCUT2D eigenvalue weighted by Crippen LogP contribution is -2.32. The first kappa shape index (κ1) is 14.2. The van der Waals surface area contributed by atoms with Crippen LogP contribution in [-0.4, -0.2) is 36.3 Å². The Labute approximate surface area is 124 Å². The summed E-state index contributed by atoms with van der Waals surface area (Å²) < 4.78 is 28.1. The van der Waals surface area contributed by atoms with E-state index in [1.165, 1.54) is 11.3 Å². The van der Waals surface area contributed by atoms with Gasteiger partial charge >= 0.3 is 6.01 Å². The van der Waals surface area contributed by atoms with Crippen LogP contribution in [0.3, 0.4) is 0 Å². The number of aromatic nitrogens is 2. The van der Waals surface area contributed by atoms with Crippen molar-refractivity contribution < 1.29 is 17.6 Å². The van der Waals surface area contributed by atoms with Crippen LogP contribution < -0.4 is 10.0 Å². The Kier molecular flexibility index (Phi) is 3.30.